The Bertz CT molecular complexity index is 353. The SMILES string of the molecule is CCC(CSC)NC(=O)c1ccc(NC)nc1. The van der Waals surface area contributed by atoms with Gasteiger partial charge >= 0.3 is 0 Å². The van der Waals surface area contributed by atoms with E-state index in [9.17, 15) is 4.79 Å². The lowest BCUT2D eigenvalue weighted by Crippen LogP contribution is -2.36. The van der Waals surface area contributed by atoms with E-state index in [4.69, 9.17) is 0 Å². The molecule has 1 rings (SSSR count). The van der Waals surface area contributed by atoms with E-state index in [0.717, 1.165) is 18.0 Å². The quantitative estimate of drug-likeness (QED) is 0.814. The van der Waals surface area contributed by atoms with Crippen LogP contribution in [0.2, 0.25) is 0 Å². The Morgan fingerprint density at radius 1 is 1.53 bits per heavy atom. The molecule has 1 amide bonds. The number of nitrogens with one attached hydrogen (secondary N) is 2. The summed E-state index contributed by atoms with van der Waals surface area (Å²) in [4.78, 5) is 16.0. The average Bonchev–Trinajstić information content (AvgIpc) is 2.38. The number of carbonyl (C=O) groups excluding carboxylic acids is 1. The number of anilines is 1. The van der Waals surface area contributed by atoms with Gasteiger partial charge in [-0.3, -0.25) is 4.79 Å². The van der Waals surface area contributed by atoms with Gasteiger partial charge in [0.15, 0.2) is 0 Å². The Balaban J connectivity index is 2.62. The van der Waals surface area contributed by atoms with Crippen molar-refractivity contribution in [3.8, 4) is 0 Å². The van der Waals surface area contributed by atoms with E-state index in [1.807, 2.05) is 6.26 Å². The van der Waals surface area contributed by atoms with Crippen LogP contribution in [0.25, 0.3) is 0 Å². The third-order valence-corrected chi connectivity index (χ3v) is 3.21. The van der Waals surface area contributed by atoms with Gasteiger partial charge in [-0.25, -0.2) is 4.98 Å². The van der Waals surface area contributed by atoms with E-state index in [1.165, 1.54) is 0 Å². The number of rotatable bonds is 6. The van der Waals surface area contributed by atoms with Crippen molar-refractivity contribution in [3.05, 3.63) is 23.9 Å². The molecule has 0 aromatic carbocycles. The highest BCUT2D eigenvalue weighted by atomic mass is 32.2. The zero-order valence-electron chi connectivity index (χ0n) is 10.5. The normalized spacial score (nSPS) is 11.9. The molecule has 4 nitrogen and oxygen atoms in total. The zero-order chi connectivity index (χ0) is 12.7. The molecule has 17 heavy (non-hydrogen) atoms. The lowest BCUT2D eigenvalue weighted by molar-refractivity contribution is 0.0939. The lowest BCUT2D eigenvalue weighted by Gasteiger charge is -2.15. The molecule has 5 heteroatoms. The fraction of sp³-hybridized carbons (Fsp3) is 0.500. The Kier molecular flexibility index (Phi) is 5.83. The molecule has 94 valence electrons. The van der Waals surface area contributed by atoms with Crippen molar-refractivity contribution in [2.75, 3.05) is 24.4 Å². The number of thioether (sulfide) groups is 1. The van der Waals surface area contributed by atoms with Crippen molar-refractivity contribution in [2.45, 2.75) is 19.4 Å². The molecule has 0 aliphatic heterocycles. The zero-order valence-corrected chi connectivity index (χ0v) is 11.3. The number of hydrogen-bond donors (Lipinski definition) is 2. The summed E-state index contributed by atoms with van der Waals surface area (Å²) in [6.45, 7) is 2.07. The van der Waals surface area contributed by atoms with Crippen molar-refractivity contribution in [1.29, 1.82) is 0 Å². The average molecular weight is 253 g/mol. The smallest absolute Gasteiger partial charge is 0.253 e. The first-order valence-corrected chi connectivity index (χ1v) is 7.04. The Morgan fingerprint density at radius 3 is 2.76 bits per heavy atom. The van der Waals surface area contributed by atoms with Crippen LogP contribution < -0.4 is 10.6 Å². The molecule has 0 aliphatic rings. The molecule has 1 unspecified atom stereocenters. The largest absolute Gasteiger partial charge is 0.373 e. The van der Waals surface area contributed by atoms with Gasteiger partial charge in [0.25, 0.3) is 5.91 Å². The molecular weight excluding hydrogens is 234 g/mol. The minimum atomic E-state index is -0.0546. The fourth-order valence-electron chi connectivity index (χ4n) is 1.41. The van der Waals surface area contributed by atoms with Crippen LogP contribution in [-0.2, 0) is 0 Å². The van der Waals surface area contributed by atoms with E-state index >= 15 is 0 Å². The maximum absolute atomic E-state index is 11.9. The molecule has 0 bridgehead atoms. The first-order valence-electron chi connectivity index (χ1n) is 5.64. The molecule has 2 N–H and O–H groups in total. The summed E-state index contributed by atoms with van der Waals surface area (Å²) in [5.74, 6) is 1.64. The maximum Gasteiger partial charge on any atom is 0.253 e. The first-order chi connectivity index (χ1) is 8.21. The number of hydrogen-bond acceptors (Lipinski definition) is 4. The third kappa shape index (κ3) is 4.26. The summed E-state index contributed by atoms with van der Waals surface area (Å²) in [6.07, 6.45) is 4.57. The summed E-state index contributed by atoms with van der Waals surface area (Å²) in [6, 6.07) is 3.80. The maximum atomic E-state index is 11.9. The molecule has 1 aromatic rings. The Labute approximate surface area is 107 Å². The second kappa shape index (κ2) is 7.17. The first kappa shape index (κ1) is 13.8. The van der Waals surface area contributed by atoms with Crippen molar-refractivity contribution in [2.24, 2.45) is 0 Å². The van der Waals surface area contributed by atoms with Gasteiger partial charge in [-0.2, -0.15) is 11.8 Å². The van der Waals surface area contributed by atoms with Gasteiger partial charge in [0.2, 0.25) is 0 Å². The fourth-order valence-corrected chi connectivity index (χ4v) is 2.13. The van der Waals surface area contributed by atoms with Gasteiger partial charge in [-0.05, 0) is 24.8 Å². The van der Waals surface area contributed by atoms with E-state index in [0.29, 0.717) is 5.56 Å². The second-order valence-corrected chi connectivity index (χ2v) is 4.63. The molecule has 0 radical (unpaired) electrons. The Hall–Kier alpha value is -1.23. The predicted octanol–water partition coefficient (Wildman–Crippen LogP) is 1.99. The minimum Gasteiger partial charge on any atom is -0.373 e. The molecular formula is C12H19N3OS. The molecule has 0 saturated carbocycles. The van der Waals surface area contributed by atoms with Crippen LogP contribution in [0.5, 0.6) is 0 Å². The molecule has 0 spiro atoms. The van der Waals surface area contributed by atoms with Crippen LogP contribution in [0.4, 0.5) is 5.82 Å². The van der Waals surface area contributed by atoms with E-state index in [2.05, 4.69) is 22.5 Å². The van der Waals surface area contributed by atoms with Crippen molar-refractivity contribution >= 4 is 23.5 Å². The Morgan fingerprint density at radius 2 is 2.29 bits per heavy atom. The van der Waals surface area contributed by atoms with Crippen LogP contribution in [0, 0.1) is 0 Å². The minimum absolute atomic E-state index is 0.0546. The van der Waals surface area contributed by atoms with Gasteiger partial charge in [0.1, 0.15) is 5.82 Å². The highest BCUT2D eigenvalue weighted by Crippen LogP contribution is 2.06. The summed E-state index contributed by atoms with van der Waals surface area (Å²) >= 11 is 1.74. The molecule has 1 atom stereocenters. The summed E-state index contributed by atoms with van der Waals surface area (Å²) in [7, 11) is 1.80. The monoisotopic (exact) mass is 253 g/mol. The molecule has 0 saturated heterocycles. The number of pyridine rings is 1. The van der Waals surface area contributed by atoms with E-state index in [1.54, 1.807) is 37.1 Å². The van der Waals surface area contributed by atoms with Crippen LogP contribution in [0.3, 0.4) is 0 Å². The van der Waals surface area contributed by atoms with Crippen LogP contribution in [-0.4, -0.2) is 36.0 Å². The highest BCUT2D eigenvalue weighted by Gasteiger charge is 2.11. The molecule has 1 heterocycles. The molecule has 1 aromatic heterocycles. The van der Waals surface area contributed by atoms with Crippen LogP contribution in [0.1, 0.15) is 23.7 Å². The van der Waals surface area contributed by atoms with Crippen molar-refractivity contribution in [3.63, 3.8) is 0 Å². The van der Waals surface area contributed by atoms with Gasteiger partial charge in [-0.15, -0.1) is 0 Å². The van der Waals surface area contributed by atoms with Crippen LogP contribution in [0.15, 0.2) is 18.3 Å². The summed E-state index contributed by atoms with van der Waals surface area (Å²) < 4.78 is 0. The van der Waals surface area contributed by atoms with Gasteiger partial charge in [0, 0.05) is 25.0 Å². The van der Waals surface area contributed by atoms with Crippen molar-refractivity contribution in [1.82, 2.24) is 10.3 Å². The molecule has 0 fully saturated rings. The van der Waals surface area contributed by atoms with E-state index in [-0.39, 0.29) is 11.9 Å². The van der Waals surface area contributed by atoms with Gasteiger partial charge in [0.05, 0.1) is 5.56 Å². The lowest BCUT2D eigenvalue weighted by atomic mass is 10.2. The van der Waals surface area contributed by atoms with Crippen molar-refractivity contribution < 1.29 is 4.79 Å². The number of nitrogens with zero attached hydrogens (tertiary/aromatic N) is 1. The summed E-state index contributed by atoms with van der Waals surface area (Å²) in [5, 5.41) is 5.92. The number of amides is 1. The third-order valence-electron chi connectivity index (χ3n) is 2.48. The topological polar surface area (TPSA) is 54.0 Å². The number of aromatic nitrogens is 1. The van der Waals surface area contributed by atoms with Gasteiger partial charge < -0.3 is 10.6 Å². The van der Waals surface area contributed by atoms with E-state index < -0.39 is 0 Å². The number of carbonyl (C=O) groups is 1. The molecule has 0 aliphatic carbocycles. The highest BCUT2D eigenvalue weighted by molar-refractivity contribution is 7.98. The standard InChI is InChI=1S/C12H19N3OS/c1-4-10(8-17-3)15-12(16)9-5-6-11(13-2)14-7-9/h5-7,10H,4,8H2,1-3H3,(H,13,14)(H,15,16). The van der Waals surface area contributed by atoms with Crippen LogP contribution >= 0.6 is 11.8 Å². The predicted molar refractivity (Wildman–Crippen MR) is 73.7 cm³/mol. The second-order valence-electron chi connectivity index (χ2n) is 3.72. The summed E-state index contributed by atoms with van der Waals surface area (Å²) in [5.41, 5.74) is 0.601. The van der Waals surface area contributed by atoms with Gasteiger partial charge in [-0.1, -0.05) is 6.92 Å².